The molecular weight excluding hydrogens is 508 g/mol. The molecule has 3 heteroatoms. The first-order valence-corrected chi connectivity index (χ1v) is 5.45. The van der Waals surface area contributed by atoms with Gasteiger partial charge in [0, 0.05) is 85.8 Å². The zero-order valence-corrected chi connectivity index (χ0v) is 18.0. The third kappa shape index (κ3) is 16.9. The molecule has 3 radical (unpaired) electrons. The van der Waals surface area contributed by atoms with Crippen LogP contribution in [0.25, 0.3) is 0 Å². The normalized spacial score (nSPS) is 19.2. The van der Waals surface area contributed by atoms with Crippen molar-refractivity contribution in [1.82, 2.24) is 0 Å². The second-order valence-corrected chi connectivity index (χ2v) is 3.66. The molecule has 2 saturated carbocycles. The maximum Gasteiger partial charge on any atom is 0 e. The Bertz CT molecular complexity index is 56.6. The molecule has 0 N–H and O–H groups in total. The molecule has 0 aromatic rings. The molecule has 85 valence electrons. The van der Waals surface area contributed by atoms with Gasteiger partial charge in [0.2, 0.25) is 0 Å². The van der Waals surface area contributed by atoms with Crippen LogP contribution in [0.3, 0.4) is 0 Å². The van der Waals surface area contributed by atoms with Gasteiger partial charge in [0.1, 0.15) is 0 Å². The number of hydrogen-bond donors (Lipinski definition) is 0. The number of rotatable bonds is 0. The van der Waals surface area contributed by atoms with Crippen LogP contribution in [0.5, 0.6) is 0 Å². The maximum absolute atomic E-state index is 2.39. The monoisotopic (exact) mass is 530 g/mol. The predicted octanol–water partition coefficient (Wildman–Crippen LogP) is 4.12. The van der Waals surface area contributed by atoms with Gasteiger partial charge in [-0.3, -0.25) is 0 Å². The van der Waals surface area contributed by atoms with E-state index in [2.05, 4.69) is 19.3 Å². The van der Waals surface area contributed by atoms with Crippen molar-refractivity contribution in [3.8, 4) is 0 Å². The van der Waals surface area contributed by atoms with Gasteiger partial charge in [-0.1, -0.05) is 19.3 Å². The van der Waals surface area contributed by atoms with E-state index in [1.165, 1.54) is 57.8 Å². The Morgan fingerprint density at radius 2 is 0.800 bits per heavy atom. The standard InChI is InChI=1S/C6H11.C6H10.Re.2Y/c2*1-2-4-6-5-3-1;;;/h1H,2-6H2;1,6H,2-5H2;;;/q-1;-2;;;. The van der Waals surface area contributed by atoms with Gasteiger partial charge >= 0.3 is 0 Å². The van der Waals surface area contributed by atoms with E-state index in [0.29, 0.717) is 0 Å². The fraction of sp³-hybridized carbons (Fsp3) is 0.750. The molecule has 0 unspecified atom stereocenters. The fourth-order valence-electron chi connectivity index (χ4n) is 1.66. The second-order valence-electron chi connectivity index (χ2n) is 3.66. The molecule has 15 heavy (non-hydrogen) atoms. The molecule has 2 rings (SSSR count). The topological polar surface area (TPSA) is 0 Å². The third-order valence-electron chi connectivity index (χ3n) is 2.47. The summed E-state index contributed by atoms with van der Waals surface area (Å²) >= 11 is 0. The Morgan fingerprint density at radius 3 is 0.933 bits per heavy atom. The quantitative estimate of drug-likeness (QED) is 0.415. The molecule has 2 aliphatic rings. The molecule has 0 aromatic heterocycles. The minimum Gasteiger partial charge on any atom is -0.333 e. The summed E-state index contributed by atoms with van der Waals surface area (Å²) in [5, 5.41) is 0. The largest absolute Gasteiger partial charge is 0.333 e. The van der Waals surface area contributed by atoms with Crippen LogP contribution in [-0.2, 0) is 85.8 Å². The third-order valence-corrected chi connectivity index (χ3v) is 2.47. The Kier molecular flexibility index (Phi) is 29.5. The van der Waals surface area contributed by atoms with Gasteiger partial charge in [0.15, 0.2) is 0 Å². The Morgan fingerprint density at radius 1 is 0.467 bits per heavy atom. The van der Waals surface area contributed by atoms with Crippen LogP contribution in [0.4, 0.5) is 0 Å². The SMILES string of the molecule is [CH-]1CCCCC1.[CH-]1CC[CH-]CC1.[Re].[Y].[Y]. The average molecular weight is 529 g/mol. The van der Waals surface area contributed by atoms with E-state index in [9.17, 15) is 0 Å². The molecular formula is C12H21ReY2-3. The van der Waals surface area contributed by atoms with Crippen LogP contribution in [0.15, 0.2) is 0 Å². The van der Waals surface area contributed by atoms with Gasteiger partial charge < -0.3 is 19.3 Å². The van der Waals surface area contributed by atoms with E-state index in [1.54, 1.807) is 0 Å². The first-order chi connectivity index (χ1) is 6.00. The minimum atomic E-state index is 0. The van der Waals surface area contributed by atoms with Gasteiger partial charge in [-0.15, -0.1) is 0 Å². The van der Waals surface area contributed by atoms with Gasteiger partial charge in [-0.25, -0.2) is 25.7 Å². The van der Waals surface area contributed by atoms with Crippen molar-refractivity contribution in [1.29, 1.82) is 0 Å². The smallest absolute Gasteiger partial charge is 0 e. The van der Waals surface area contributed by atoms with Crippen molar-refractivity contribution in [2.24, 2.45) is 0 Å². The summed E-state index contributed by atoms with van der Waals surface area (Å²) in [6.45, 7) is 0. The van der Waals surface area contributed by atoms with Gasteiger partial charge in [-0.05, 0) is 0 Å². The van der Waals surface area contributed by atoms with E-state index < -0.39 is 0 Å². The molecule has 0 atom stereocenters. The first kappa shape index (κ1) is 23.0. The zero-order valence-electron chi connectivity index (χ0n) is 9.63. The molecule has 0 nitrogen and oxygen atoms in total. The number of hydrogen-bond acceptors (Lipinski definition) is 0. The molecule has 0 saturated heterocycles. The molecule has 0 bridgehead atoms. The molecule has 0 heterocycles. The summed E-state index contributed by atoms with van der Waals surface area (Å²) in [5.74, 6) is 0. The summed E-state index contributed by atoms with van der Waals surface area (Å²) in [5.41, 5.74) is 0. The van der Waals surface area contributed by atoms with Crippen molar-refractivity contribution < 1.29 is 85.8 Å². The molecule has 0 spiro atoms. The van der Waals surface area contributed by atoms with Crippen molar-refractivity contribution in [3.63, 3.8) is 0 Å². The van der Waals surface area contributed by atoms with Crippen LogP contribution >= 0.6 is 0 Å². The zero-order chi connectivity index (χ0) is 8.49. The Hall–Kier alpha value is 2.87. The molecule has 0 amide bonds. The second kappa shape index (κ2) is 19.2. The van der Waals surface area contributed by atoms with Crippen LogP contribution in [0, 0.1) is 19.3 Å². The van der Waals surface area contributed by atoms with Crippen molar-refractivity contribution in [2.75, 3.05) is 0 Å². The first-order valence-electron chi connectivity index (χ1n) is 5.45. The molecule has 0 aromatic carbocycles. The summed E-state index contributed by atoms with van der Waals surface area (Å²) < 4.78 is 0. The summed E-state index contributed by atoms with van der Waals surface area (Å²) in [6, 6.07) is 0. The van der Waals surface area contributed by atoms with Gasteiger partial charge in [0.25, 0.3) is 0 Å². The van der Waals surface area contributed by atoms with E-state index in [4.69, 9.17) is 0 Å². The summed E-state index contributed by atoms with van der Waals surface area (Å²) in [6.07, 6.45) is 19.5. The fourth-order valence-corrected chi connectivity index (χ4v) is 1.66. The van der Waals surface area contributed by atoms with Crippen LogP contribution in [0.1, 0.15) is 57.8 Å². The summed E-state index contributed by atoms with van der Waals surface area (Å²) in [7, 11) is 0. The predicted molar refractivity (Wildman–Crippen MR) is 54.5 cm³/mol. The van der Waals surface area contributed by atoms with Crippen molar-refractivity contribution >= 4 is 0 Å². The molecule has 2 aliphatic carbocycles. The Balaban J connectivity index is -0.000000160. The van der Waals surface area contributed by atoms with Crippen molar-refractivity contribution in [2.45, 2.75) is 57.8 Å². The molecule has 0 aliphatic heterocycles. The maximum atomic E-state index is 2.39. The van der Waals surface area contributed by atoms with Crippen LogP contribution in [0.2, 0.25) is 0 Å². The van der Waals surface area contributed by atoms with E-state index in [0.717, 1.165) is 0 Å². The molecule has 2 fully saturated rings. The average Bonchev–Trinajstić information content (AvgIpc) is 2.24. The van der Waals surface area contributed by atoms with E-state index >= 15 is 0 Å². The van der Waals surface area contributed by atoms with Crippen LogP contribution in [-0.4, -0.2) is 0 Å². The van der Waals surface area contributed by atoms with E-state index in [1.807, 2.05) is 0 Å². The van der Waals surface area contributed by atoms with Crippen LogP contribution < -0.4 is 0 Å². The van der Waals surface area contributed by atoms with E-state index in [-0.39, 0.29) is 85.8 Å². The summed E-state index contributed by atoms with van der Waals surface area (Å²) in [4.78, 5) is 0. The van der Waals surface area contributed by atoms with Crippen molar-refractivity contribution in [3.05, 3.63) is 19.3 Å². The Labute approximate surface area is 160 Å². The van der Waals surface area contributed by atoms with Gasteiger partial charge in [0.05, 0.1) is 0 Å². The van der Waals surface area contributed by atoms with Gasteiger partial charge in [-0.2, -0.15) is 12.8 Å². The minimum absolute atomic E-state index is 0.